The van der Waals surface area contributed by atoms with E-state index in [4.69, 9.17) is 9.47 Å². The molecule has 3 aromatic rings. The molecule has 0 bridgehead atoms. The molecule has 2 aromatic heterocycles. The Bertz CT molecular complexity index is 1030. The van der Waals surface area contributed by atoms with Crippen LogP contribution < -0.4 is 9.47 Å². The first-order valence-electron chi connectivity index (χ1n) is 9.89. The third-order valence-corrected chi connectivity index (χ3v) is 5.53. The molecule has 0 unspecified atom stereocenters. The van der Waals surface area contributed by atoms with Gasteiger partial charge in [0.2, 0.25) is 5.91 Å². The van der Waals surface area contributed by atoms with Crippen molar-refractivity contribution in [1.29, 1.82) is 0 Å². The van der Waals surface area contributed by atoms with E-state index in [0.29, 0.717) is 18.7 Å². The Kier molecular flexibility index (Phi) is 5.38. The fraction of sp³-hybridized carbons (Fsp3) is 0.409. The number of carbonyl (C=O) groups is 1. The van der Waals surface area contributed by atoms with Crippen LogP contribution in [0.25, 0.3) is 5.65 Å². The maximum atomic E-state index is 13.1. The van der Waals surface area contributed by atoms with Crippen LogP contribution in [0, 0.1) is 6.92 Å². The first-order chi connectivity index (χ1) is 14.1. The monoisotopic (exact) mass is 394 g/mol. The van der Waals surface area contributed by atoms with E-state index in [1.807, 2.05) is 52.9 Å². The zero-order valence-corrected chi connectivity index (χ0v) is 17.1. The number of benzene rings is 1. The van der Waals surface area contributed by atoms with Crippen LogP contribution in [0.3, 0.4) is 0 Å². The summed E-state index contributed by atoms with van der Waals surface area (Å²) in [4.78, 5) is 19.4. The second-order valence-electron chi connectivity index (χ2n) is 7.46. The summed E-state index contributed by atoms with van der Waals surface area (Å²) in [6.07, 6.45) is 4.12. The smallest absolute Gasteiger partial charge is 0.227 e. The molecule has 0 aliphatic carbocycles. The third-order valence-electron chi connectivity index (χ3n) is 5.53. The Hall–Kier alpha value is -3.09. The van der Waals surface area contributed by atoms with E-state index >= 15 is 0 Å². The van der Waals surface area contributed by atoms with Gasteiger partial charge in [0.25, 0.3) is 0 Å². The van der Waals surface area contributed by atoms with Gasteiger partial charge in [-0.15, -0.1) is 0 Å². The lowest BCUT2D eigenvalue weighted by Gasteiger charge is -2.33. The van der Waals surface area contributed by atoms with Gasteiger partial charge in [0.1, 0.15) is 11.5 Å². The quantitative estimate of drug-likeness (QED) is 0.665. The molecule has 3 heterocycles. The van der Waals surface area contributed by atoms with Gasteiger partial charge in [-0.05, 0) is 44.0 Å². The molecule has 1 aliphatic rings. The van der Waals surface area contributed by atoms with Crippen molar-refractivity contribution >= 4 is 11.6 Å². The molecule has 0 saturated carbocycles. The molecule has 1 amide bonds. The zero-order chi connectivity index (χ0) is 20.4. The number of ether oxygens (including phenoxy) is 2. The summed E-state index contributed by atoms with van der Waals surface area (Å²) in [5.74, 6) is 1.77. The van der Waals surface area contributed by atoms with Crippen LogP contribution in [-0.2, 0) is 11.2 Å². The van der Waals surface area contributed by atoms with Gasteiger partial charge in [-0.25, -0.2) is 9.50 Å². The van der Waals surface area contributed by atoms with Gasteiger partial charge in [-0.3, -0.25) is 4.79 Å². The van der Waals surface area contributed by atoms with Crippen LogP contribution in [0.2, 0.25) is 0 Å². The average molecular weight is 394 g/mol. The summed E-state index contributed by atoms with van der Waals surface area (Å²) >= 11 is 0. The van der Waals surface area contributed by atoms with E-state index < -0.39 is 0 Å². The Morgan fingerprint density at radius 3 is 2.86 bits per heavy atom. The second-order valence-corrected chi connectivity index (χ2v) is 7.46. The van der Waals surface area contributed by atoms with Crippen molar-refractivity contribution in [2.75, 3.05) is 27.3 Å². The van der Waals surface area contributed by atoms with Gasteiger partial charge in [0, 0.05) is 36.8 Å². The minimum atomic E-state index is 0.100. The van der Waals surface area contributed by atoms with Crippen molar-refractivity contribution in [3.05, 3.63) is 53.5 Å². The fourth-order valence-electron chi connectivity index (χ4n) is 4.08. The van der Waals surface area contributed by atoms with Gasteiger partial charge in [0.15, 0.2) is 5.65 Å². The predicted molar refractivity (Wildman–Crippen MR) is 110 cm³/mol. The van der Waals surface area contributed by atoms with Crippen LogP contribution in [-0.4, -0.2) is 52.7 Å². The summed E-state index contributed by atoms with van der Waals surface area (Å²) in [5.41, 5.74) is 3.75. The molecule has 29 heavy (non-hydrogen) atoms. The number of hydrogen-bond acceptors (Lipinski definition) is 5. The van der Waals surface area contributed by atoms with Crippen molar-refractivity contribution in [2.45, 2.75) is 32.1 Å². The number of fused-ring (bicyclic) bond motifs is 1. The summed E-state index contributed by atoms with van der Waals surface area (Å²) in [6.45, 7) is 3.42. The van der Waals surface area contributed by atoms with E-state index in [9.17, 15) is 4.79 Å². The lowest BCUT2D eigenvalue weighted by molar-refractivity contribution is -0.131. The SMILES string of the molecule is COc1ccc(OC)c(CC(=O)N2CCC[C@H](c3ccnc4cc(C)nn34)C2)c1. The second kappa shape index (κ2) is 8.11. The normalized spacial score (nSPS) is 16.8. The van der Waals surface area contributed by atoms with E-state index in [2.05, 4.69) is 10.1 Å². The highest BCUT2D eigenvalue weighted by molar-refractivity contribution is 5.80. The number of nitrogens with zero attached hydrogens (tertiary/aromatic N) is 4. The first kappa shape index (κ1) is 19.2. The van der Waals surface area contributed by atoms with Crippen LogP contribution in [0.15, 0.2) is 36.5 Å². The Morgan fingerprint density at radius 2 is 2.07 bits per heavy atom. The number of likely N-dealkylation sites (tertiary alicyclic amines) is 1. The van der Waals surface area contributed by atoms with Crippen LogP contribution in [0.4, 0.5) is 0 Å². The van der Waals surface area contributed by atoms with Crippen molar-refractivity contribution in [3.63, 3.8) is 0 Å². The predicted octanol–water partition coefficient (Wildman–Crippen LogP) is 3.00. The number of amides is 1. The topological polar surface area (TPSA) is 69.0 Å². The molecule has 1 saturated heterocycles. The summed E-state index contributed by atoms with van der Waals surface area (Å²) in [7, 11) is 3.24. The molecule has 1 aromatic carbocycles. The zero-order valence-electron chi connectivity index (χ0n) is 17.1. The van der Waals surface area contributed by atoms with E-state index in [0.717, 1.165) is 47.7 Å². The molecular weight excluding hydrogens is 368 g/mol. The number of carbonyl (C=O) groups excluding carboxylic acids is 1. The van der Waals surface area contributed by atoms with Crippen LogP contribution in [0.5, 0.6) is 11.5 Å². The number of hydrogen-bond donors (Lipinski definition) is 0. The van der Waals surface area contributed by atoms with E-state index in [1.165, 1.54) is 0 Å². The van der Waals surface area contributed by atoms with Crippen LogP contribution >= 0.6 is 0 Å². The number of rotatable bonds is 5. The summed E-state index contributed by atoms with van der Waals surface area (Å²) in [5, 5.41) is 4.59. The minimum absolute atomic E-state index is 0.100. The maximum absolute atomic E-state index is 13.1. The van der Waals surface area contributed by atoms with Gasteiger partial charge in [-0.2, -0.15) is 5.10 Å². The maximum Gasteiger partial charge on any atom is 0.227 e. The average Bonchev–Trinajstić information content (AvgIpc) is 3.13. The molecule has 0 radical (unpaired) electrons. The van der Waals surface area contributed by atoms with E-state index in [-0.39, 0.29) is 11.8 Å². The Morgan fingerprint density at radius 1 is 1.21 bits per heavy atom. The van der Waals surface area contributed by atoms with Crippen molar-refractivity contribution in [3.8, 4) is 11.5 Å². The molecule has 7 heteroatoms. The van der Waals surface area contributed by atoms with Crippen molar-refractivity contribution < 1.29 is 14.3 Å². The molecule has 1 fully saturated rings. The van der Waals surface area contributed by atoms with Gasteiger partial charge in [0.05, 0.1) is 32.0 Å². The summed E-state index contributed by atoms with van der Waals surface area (Å²) < 4.78 is 12.6. The molecule has 7 nitrogen and oxygen atoms in total. The highest BCUT2D eigenvalue weighted by Crippen LogP contribution is 2.29. The molecule has 0 N–H and O–H groups in total. The third kappa shape index (κ3) is 3.90. The number of aryl methyl sites for hydroxylation is 1. The fourth-order valence-corrected chi connectivity index (χ4v) is 4.08. The lowest BCUT2D eigenvalue weighted by atomic mass is 9.94. The number of aromatic nitrogens is 3. The number of methoxy groups -OCH3 is 2. The number of piperidine rings is 1. The molecule has 1 atom stereocenters. The highest BCUT2D eigenvalue weighted by Gasteiger charge is 2.27. The molecule has 1 aliphatic heterocycles. The molecule has 4 rings (SSSR count). The largest absolute Gasteiger partial charge is 0.497 e. The van der Waals surface area contributed by atoms with Crippen LogP contribution in [0.1, 0.15) is 35.7 Å². The van der Waals surface area contributed by atoms with E-state index in [1.54, 1.807) is 14.2 Å². The minimum Gasteiger partial charge on any atom is -0.497 e. The Labute approximate surface area is 170 Å². The lowest BCUT2D eigenvalue weighted by Crippen LogP contribution is -2.40. The van der Waals surface area contributed by atoms with Gasteiger partial charge >= 0.3 is 0 Å². The van der Waals surface area contributed by atoms with Crippen molar-refractivity contribution in [2.24, 2.45) is 0 Å². The summed E-state index contributed by atoms with van der Waals surface area (Å²) in [6, 6.07) is 9.54. The Balaban J connectivity index is 1.53. The van der Waals surface area contributed by atoms with Crippen molar-refractivity contribution in [1.82, 2.24) is 19.5 Å². The molecule has 152 valence electrons. The van der Waals surface area contributed by atoms with Gasteiger partial charge in [-0.1, -0.05) is 0 Å². The molecule has 0 spiro atoms. The highest BCUT2D eigenvalue weighted by atomic mass is 16.5. The van der Waals surface area contributed by atoms with Gasteiger partial charge < -0.3 is 14.4 Å². The standard InChI is InChI=1S/C22H26N4O3/c1-15-11-21-23-9-8-19(26(21)24-15)16-5-4-10-25(14-16)22(27)13-17-12-18(28-2)6-7-20(17)29-3/h6-9,11-12,16H,4-5,10,13-14H2,1-3H3/t16-/m0/s1. The first-order valence-corrected chi connectivity index (χ1v) is 9.89. The molecular formula is C22H26N4O3.